The van der Waals surface area contributed by atoms with Crippen LogP contribution in [-0.4, -0.2) is 35.9 Å². The quantitative estimate of drug-likeness (QED) is 0.401. The predicted molar refractivity (Wildman–Crippen MR) is 60.1 cm³/mol. The van der Waals surface area contributed by atoms with Crippen molar-refractivity contribution in [3.63, 3.8) is 0 Å². The number of aliphatic hydroxyl groups excluding tert-OH is 1. The second-order valence-corrected chi connectivity index (χ2v) is 3.20. The number of aliphatic hydroxyl groups is 1. The molecule has 1 aliphatic carbocycles. The predicted octanol–water partition coefficient (Wildman–Crippen LogP) is 0.594. The van der Waals surface area contributed by atoms with Crippen molar-refractivity contribution in [3.8, 4) is 0 Å². The molecular formula is C7H13F3IN3O. The molecule has 1 rings (SSSR count). The van der Waals surface area contributed by atoms with Crippen LogP contribution in [0.2, 0.25) is 0 Å². The highest BCUT2D eigenvalue weighted by molar-refractivity contribution is 14.0. The summed E-state index contributed by atoms with van der Waals surface area (Å²) in [6.07, 6.45) is -5.17. The highest BCUT2D eigenvalue weighted by atomic mass is 127. The molecule has 4 N–H and O–H groups in total. The first-order valence-electron chi connectivity index (χ1n) is 4.21. The Bertz CT molecular complexity index is 230. The standard InChI is InChI=1S/C7H12F3N3O.HI/c8-7(9,10)5(14)3-12-6(11)13-4-1-2-4;/h4-5,14H,1-3H2,(H3,11,12,13);1H. The zero-order valence-corrected chi connectivity index (χ0v) is 10.1. The normalized spacial score (nSPS) is 19.3. The molecule has 8 heteroatoms. The van der Waals surface area contributed by atoms with E-state index in [0.29, 0.717) is 0 Å². The summed E-state index contributed by atoms with van der Waals surface area (Å²) >= 11 is 0. The summed E-state index contributed by atoms with van der Waals surface area (Å²) in [5.74, 6) is -0.0456. The van der Waals surface area contributed by atoms with Crippen molar-refractivity contribution in [2.75, 3.05) is 6.54 Å². The minimum absolute atomic E-state index is 0. The molecule has 1 atom stereocenters. The van der Waals surface area contributed by atoms with E-state index in [9.17, 15) is 13.2 Å². The van der Waals surface area contributed by atoms with Crippen molar-refractivity contribution in [1.82, 2.24) is 5.32 Å². The lowest BCUT2D eigenvalue weighted by molar-refractivity contribution is -0.199. The van der Waals surface area contributed by atoms with Gasteiger partial charge in [0, 0.05) is 6.04 Å². The number of nitrogens with two attached hydrogens (primary N) is 1. The second kappa shape index (κ2) is 5.73. The van der Waals surface area contributed by atoms with E-state index in [2.05, 4.69) is 10.3 Å². The molecule has 1 unspecified atom stereocenters. The minimum Gasteiger partial charge on any atom is -0.382 e. The maximum absolute atomic E-state index is 11.8. The Morgan fingerprint density at radius 3 is 2.47 bits per heavy atom. The smallest absolute Gasteiger partial charge is 0.382 e. The summed E-state index contributed by atoms with van der Waals surface area (Å²) in [5, 5.41) is 11.3. The average Bonchev–Trinajstić information content (AvgIpc) is 2.82. The van der Waals surface area contributed by atoms with Crippen molar-refractivity contribution in [2.45, 2.75) is 31.2 Å². The van der Waals surface area contributed by atoms with E-state index in [1.807, 2.05) is 0 Å². The minimum atomic E-state index is -4.64. The van der Waals surface area contributed by atoms with Crippen LogP contribution in [0.1, 0.15) is 12.8 Å². The Hall–Kier alpha value is -0.250. The maximum Gasteiger partial charge on any atom is 0.416 e. The molecule has 90 valence electrons. The number of hydrogen-bond acceptors (Lipinski definition) is 2. The summed E-state index contributed by atoms with van der Waals surface area (Å²) in [7, 11) is 0. The Morgan fingerprint density at radius 1 is 1.53 bits per heavy atom. The molecule has 0 spiro atoms. The van der Waals surface area contributed by atoms with Gasteiger partial charge in [-0.25, -0.2) is 0 Å². The molecule has 0 amide bonds. The zero-order valence-electron chi connectivity index (χ0n) is 7.79. The molecule has 0 aromatic carbocycles. The second-order valence-electron chi connectivity index (χ2n) is 3.20. The molecule has 4 nitrogen and oxygen atoms in total. The topological polar surface area (TPSA) is 70.6 Å². The van der Waals surface area contributed by atoms with Gasteiger partial charge in [0.15, 0.2) is 12.1 Å². The highest BCUT2D eigenvalue weighted by Gasteiger charge is 2.37. The van der Waals surface area contributed by atoms with Gasteiger partial charge in [0.05, 0.1) is 6.54 Å². The van der Waals surface area contributed by atoms with Crippen LogP contribution in [0.25, 0.3) is 0 Å². The number of alkyl halides is 3. The monoisotopic (exact) mass is 339 g/mol. The fraction of sp³-hybridized carbons (Fsp3) is 0.857. The van der Waals surface area contributed by atoms with E-state index in [0.717, 1.165) is 12.8 Å². The van der Waals surface area contributed by atoms with Gasteiger partial charge in [0.25, 0.3) is 0 Å². The molecule has 0 bridgehead atoms. The van der Waals surface area contributed by atoms with Gasteiger partial charge in [-0.05, 0) is 12.8 Å². The van der Waals surface area contributed by atoms with Gasteiger partial charge in [0.2, 0.25) is 0 Å². The zero-order chi connectivity index (χ0) is 10.8. The van der Waals surface area contributed by atoms with Crippen LogP contribution in [0.3, 0.4) is 0 Å². The van der Waals surface area contributed by atoms with E-state index in [-0.39, 0.29) is 36.0 Å². The molecule has 0 heterocycles. The lowest BCUT2D eigenvalue weighted by Gasteiger charge is -2.12. The number of nitrogens with zero attached hydrogens (tertiary/aromatic N) is 1. The molecule has 1 aliphatic rings. The largest absolute Gasteiger partial charge is 0.416 e. The molecule has 1 fully saturated rings. The molecule has 0 aromatic rings. The summed E-state index contributed by atoms with van der Waals surface area (Å²) in [6, 6.07) is 0.238. The van der Waals surface area contributed by atoms with Gasteiger partial charge in [-0.15, -0.1) is 24.0 Å². The van der Waals surface area contributed by atoms with E-state index in [1.165, 1.54) is 0 Å². The van der Waals surface area contributed by atoms with Crippen molar-refractivity contribution in [2.24, 2.45) is 10.7 Å². The van der Waals surface area contributed by atoms with Crippen LogP contribution in [-0.2, 0) is 0 Å². The van der Waals surface area contributed by atoms with Gasteiger partial charge in [-0.3, -0.25) is 4.99 Å². The number of hydrogen-bond donors (Lipinski definition) is 3. The van der Waals surface area contributed by atoms with Crippen molar-refractivity contribution >= 4 is 29.9 Å². The summed E-state index contributed by atoms with van der Waals surface area (Å²) in [6.45, 7) is -0.755. The first kappa shape index (κ1) is 14.8. The number of rotatable bonds is 3. The van der Waals surface area contributed by atoms with Crippen LogP contribution in [0.4, 0.5) is 13.2 Å². The lowest BCUT2D eigenvalue weighted by atomic mass is 10.3. The van der Waals surface area contributed by atoms with Crippen molar-refractivity contribution in [1.29, 1.82) is 0 Å². The van der Waals surface area contributed by atoms with Crippen molar-refractivity contribution < 1.29 is 18.3 Å². The number of aliphatic imine (C=N–C) groups is 1. The van der Waals surface area contributed by atoms with Crippen LogP contribution in [0, 0.1) is 0 Å². The van der Waals surface area contributed by atoms with E-state index >= 15 is 0 Å². The third kappa shape index (κ3) is 6.03. The maximum atomic E-state index is 11.8. The van der Waals surface area contributed by atoms with Crippen LogP contribution < -0.4 is 11.1 Å². The molecule has 0 saturated heterocycles. The molecular weight excluding hydrogens is 326 g/mol. The molecule has 0 aromatic heterocycles. The molecule has 1 saturated carbocycles. The third-order valence-corrected chi connectivity index (χ3v) is 1.74. The van der Waals surface area contributed by atoms with Gasteiger partial charge in [-0.2, -0.15) is 13.2 Å². The Kier molecular flexibility index (Phi) is 5.63. The first-order valence-corrected chi connectivity index (χ1v) is 4.21. The van der Waals surface area contributed by atoms with Crippen LogP contribution in [0.15, 0.2) is 4.99 Å². The third-order valence-electron chi connectivity index (χ3n) is 1.74. The van der Waals surface area contributed by atoms with Crippen LogP contribution in [0.5, 0.6) is 0 Å². The van der Waals surface area contributed by atoms with E-state index in [4.69, 9.17) is 10.8 Å². The molecule has 0 aliphatic heterocycles. The highest BCUT2D eigenvalue weighted by Crippen LogP contribution is 2.20. The van der Waals surface area contributed by atoms with E-state index < -0.39 is 18.8 Å². The Balaban J connectivity index is 0.00000196. The van der Waals surface area contributed by atoms with Gasteiger partial charge in [-0.1, -0.05) is 0 Å². The van der Waals surface area contributed by atoms with Crippen LogP contribution >= 0.6 is 24.0 Å². The number of nitrogens with one attached hydrogen (secondary N) is 1. The van der Waals surface area contributed by atoms with E-state index in [1.54, 1.807) is 0 Å². The Morgan fingerprint density at radius 2 is 2.07 bits per heavy atom. The number of guanidine groups is 1. The van der Waals surface area contributed by atoms with Crippen molar-refractivity contribution in [3.05, 3.63) is 0 Å². The van der Waals surface area contributed by atoms with Gasteiger partial charge >= 0.3 is 6.18 Å². The first-order chi connectivity index (χ1) is 6.39. The summed E-state index contributed by atoms with van der Waals surface area (Å²) < 4.78 is 35.4. The lowest BCUT2D eigenvalue weighted by Crippen LogP contribution is -2.36. The number of halogens is 4. The summed E-state index contributed by atoms with van der Waals surface area (Å²) in [5.41, 5.74) is 5.27. The molecule has 0 radical (unpaired) electrons. The fourth-order valence-electron chi connectivity index (χ4n) is 0.771. The molecule has 15 heavy (non-hydrogen) atoms. The fourth-order valence-corrected chi connectivity index (χ4v) is 0.771. The van der Waals surface area contributed by atoms with Gasteiger partial charge < -0.3 is 16.2 Å². The SMILES string of the molecule is I.NC(=NCC(O)C(F)(F)F)NC1CC1. The average molecular weight is 339 g/mol. The van der Waals surface area contributed by atoms with Gasteiger partial charge in [0.1, 0.15) is 0 Å². The Labute approximate surface area is 102 Å². The summed E-state index contributed by atoms with van der Waals surface area (Å²) in [4.78, 5) is 3.38.